The third-order valence-corrected chi connectivity index (χ3v) is 8.29. The Labute approximate surface area is 189 Å². The Bertz CT molecular complexity index is 833. The first-order chi connectivity index (χ1) is 14.9. The molecule has 2 fully saturated rings. The number of nitrogens with zero attached hydrogens (tertiary/aromatic N) is 2. The van der Waals surface area contributed by atoms with Gasteiger partial charge in [0.25, 0.3) is 0 Å². The molecule has 1 unspecified atom stereocenters. The summed E-state index contributed by atoms with van der Waals surface area (Å²) in [5.41, 5.74) is 0. The summed E-state index contributed by atoms with van der Waals surface area (Å²) in [5, 5.41) is 10.0. The molecule has 174 valence electrons. The lowest BCUT2D eigenvalue weighted by molar-refractivity contribution is 0.0242. The molecule has 0 aromatic heterocycles. The molecule has 2 heterocycles. The van der Waals surface area contributed by atoms with Crippen molar-refractivity contribution < 1.29 is 27.8 Å². The van der Waals surface area contributed by atoms with Crippen molar-refractivity contribution in [1.29, 1.82) is 0 Å². The number of sulfonamides is 1. The molecule has 0 aliphatic carbocycles. The van der Waals surface area contributed by atoms with E-state index < -0.39 is 22.2 Å². The molecule has 1 aromatic carbocycles. The maximum absolute atomic E-state index is 13.5. The van der Waals surface area contributed by atoms with Crippen molar-refractivity contribution in [2.75, 3.05) is 33.5 Å². The van der Waals surface area contributed by atoms with Crippen molar-refractivity contribution in [3.63, 3.8) is 0 Å². The van der Waals surface area contributed by atoms with Crippen molar-refractivity contribution in [3.05, 3.63) is 29.3 Å². The van der Waals surface area contributed by atoms with Gasteiger partial charge in [0.15, 0.2) is 0 Å². The second kappa shape index (κ2) is 11.0. The molecule has 2 saturated heterocycles. The Kier molecular flexibility index (Phi) is 8.58. The number of aliphatic hydroxyl groups excluding tert-OH is 1. The Morgan fingerprint density at radius 2 is 1.71 bits per heavy atom. The zero-order valence-electron chi connectivity index (χ0n) is 17.8. The lowest BCUT2D eigenvalue weighted by Crippen LogP contribution is -2.54. The molecule has 31 heavy (non-hydrogen) atoms. The normalized spacial score (nSPS) is 25.4. The van der Waals surface area contributed by atoms with Crippen LogP contribution in [-0.2, 0) is 19.5 Å². The van der Waals surface area contributed by atoms with Gasteiger partial charge in [0, 0.05) is 24.7 Å². The first-order valence-corrected chi connectivity index (χ1v) is 12.5. The molecule has 3 rings (SSSR count). The number of rotatable bonds is 7. The molecule has 1 N–H and O–H groups in total. The standard InChI is InChI=1S/C21H31ClN2O6S/c1-29-14-18-6-4-7-19(15-30-21(26)23-12-3-2-5-17(23)13-25)24(18)31(27,28)20-10-8-16(22)9-11-20/h8-11,17-19,25H,2-7,12-15H2,1H3/t17?,18-,19+/m1/s1. The van der Waals surface area contributed by atoms with E-state index in [1.54, 1.807) is 24.1 Å². The van der Waals surface area contributed by atoms with E-state index >= 15 is 0 Å². The molecule has 2 aliphatic heterocycles. The van der Waals surface area contributed by atoms with Crippen LogP contribution in [0.25, 0.3) is 0 Å². The minimum Gasteiger partial charge on any atom is -0.448 e. The zero-order valence-corrected chi connectivity index (χ0v) is 19.4. The number of methoxy groups -OCH3 is 1. The average molecular weight is 475 g/mol. The maximum Gasteiger partial charge on any atom is 0.410 e. The summed E-state index contributed by atoms with van der Waals surface area (Å²) in [7, 11) is -2.29. The molecule has 1 aromatic rings. The smallest absolute Gasteiger partial charge is 0.410 e. The Balaban J connectivity index is 1.78. The number of amides is 1. The van der Waals surface area contributed by atoms with Gasteiger partial charge in [0.2, 0.25) is 10.0 Å². The second-order valence-electron chi connectivity index (χ2n) is 8.09. The summed E-state index contributed by atoms with van der Waals surface area (Å²) < 4.78 is 39.3. The van der Waals surface area contributed by atoms with Crippen molar-refractivity contribution >= 4 is 27.7 Å². The van der Waals surface area contributed by atoms with Gasteiger partial charge in [0.1, 0.15) is 6.61 Å². The Morgan fingerprint density at radius 3 is 2.35 bits per heavy atom. The highest BCUT2D eigenvalue weighted by Gasteiger charge is 2.41. The number of carbonyl (C=O) groups excluding carboxylic acids is 1. The number of hydrogen-bond acceptors (Lipinski definition) is 6. The second-order valence-corrected chi connectivity index (χ2v) is 10.4. The minimum atomic E-state index is -3.84. The van der Waals surface area contributed by atoms with E-state index in [0.29, 0.717) is 24.4 Å². The van der Waals surface area contributed by atoms with Gasteiger partial charge in [-0.15, -0.1) is 0 Å². The number of halogens is 1. The van der Waals surface area contributed by atoms with E-state index in [1.165, 1.54) is 16.4 Å². The van der Waals surface area contributed by atoms with Gasteiger partial charge in [-0.25, -0.2) is 13.2 Å². The highest BCUT2D eigenvalue weighted by molar-refractivity contribution is 7.89. The topological polar surface area (TPSA) is 96.4 Å². The number of aliphatic hydroxyl groups is 1. The summed E-state index contributed by atoms with van der Waals surface area (Å²) in [6.07, 6.45) is 4.13. The van der Waals surface area contributed by atoms with Crippen LogP contribution in [0.4, 0.5) is 4.79 Å². The van der Waals surface area contributed by atoms with Crippen LogP contribution in [0.1, 0.15) is 38.5 Å². The van der Waals surface area contributed by atoms with Crippen LogP contribution in [0, 0.1) is 0 Å². The Morgan fingerprint density at radius 1 is 1.06 bits per heavy atom. The van der Waals surface area contributed by atoms with E-state index in [4.69, 9.17) is 21.1 Å². The maximum atomic E-state index is 13.5. The van der Waals surface area contributed by atoms with Crippen LogP contribution in [0.15, 0.2) is 29.2 Å². The van der Waals surface area contributed by atoms with E-state index in [-0.39, 0.29) is 36.8 Å². The first-order valence-electron chi connectivity index (χ1n) is 10.7. The lowest BCUT2D eigenvalue weighted by Gasteiger charge is -2.41. The molecule has 1 amide bonds. The van der Waals surface area contributed by atoms with Gasteiger partial charge in [-0.2, -0.15) is 4.31 Å². The monoisotopic (exact) mass is 474 g/mol. The molecule has 10 heteroatoms. The van der Waals surface area contributed by atoms with Gasteiger partial charge >= 0.3 is 6.09 Å². The van der Waals surface area contributed by atoms with E-state index in [1.807, 2.05) is 0 Å². The number of ether oxygens (including phenoxy) is 2. The fraction of sp³-hybridized carbons (Fsp3) is 0.667. The van der Waals surface area contributed by atoms with Crippen LogP contribution < -0.4 is 0 Å². The lowest BCUT2D eigenvalue weighted by atomic mass is 9.99. The van der Waals surface area contributed by atoms with Gasteiger partial charge in [0.05, 0.1) is 30.2 Å². The van der Waals surface area contributed by atoms with Gasteiger partial charge < -0.3 is 19.5 Å². The van der Waals surface area contributed by atoms with Crippen LogP contribution in [-0.4, -0.2) is 80.4 Å². The van der Waals surface area contributed by atoms with Crippen LogP contribution >= 0.6 is 11.6 Å². The number of benzene rings is 1. The number of carbonyl (C=O) groups is 1. The molecule has 0 radical (unpaired) electrons. The molecule has 2 aliphatic rings. The third kappa shape index (κ3) is 5.70. The van der Waals surface area contributed by atoms with E-state index in [9.17, 15) is 18.3 Å². The van der Waals surface area contributed by atoms with Crippen LogP contribution in [0.3, 0.4) is 0 Å². The number of likely N-dealkylation sites (tertiary alicyclic amines) is 1. The van der Waals surface area contributed by atoms with Crippen molar-refractivity contribution in [3.8, 4) is 0 Å². The first kappa shape index (κ1) is 24.3. The highest BCUT2D eigenvalue weighted by Crippen LogP contribution is 2.31. The van der Waals surface area contributed by atoms with E-state index in [2.05, 4.69) is 0 Å². The van der Waals surface area contributed by atoms with Gasteiger partial charge in [-0.05, 0) is 56.4 Å². The summed E-state index contributed by atoms with van der Waals surface area (Å²) >= 11 is 5.93. The fourth-order valence-corrected chi connectivity index (χ4v) is 6.42. The molecule has 8 nitrogen and oxygen atoms in total. The molecular weight excluding hydrogens is 444 g/mol. The largest absolute Gasteiger partial charge is 0.448 e. The predicted octanol–water partition coefficient (Wildman–Crippen LogP) is 2.88. The highest BCUT2D eigenvalue weighted by atomic mass is 35.5. The summed E-state index contributed by atoms with van der Waals surface area (Å²) in [5.74, 6) is 0. The molecular formula is C21H31ClN2O6S. The Hall–Kier alpha value is -1.39. The average Bonchev–Trinajstić information content (AvgIpc) is 2.78. The van der Waals surface area contributed by atoms with Gasteiger partial charge in [-0.3, -0.25) is 0 Å². The number of hydrogen-bond donors (Lipinski definition) is 1. The SMILES string of the molecule is COC[C@H]1CCC[C@@H](COC(=O)N2CCCCC2CO)N1S(=O)(=O)c1ccc(Cl)cc1. The van der Waals surface area contributed by atoms with Crippen LogP contribution in [0.5, 0.6) is 0 Å². The summed E-state index contributed by atoms with van der Waals surface area (Å²) in [6, 6.07) is 4.98. The van der Waals surface area contributed by atoms with Crippen molar-refractivity contribution in [2.45, 2.75) is 61.5 Å². The predicted molar refractivity (Wildman–Crippen MR) is 117 cm³/mol. The summed E-state index contributed by atoms with van der Waals surface area (Å²) in [6.45, 7) is 0.649. The fourth-order valence-electron chi connectivity index (χ4n) is 4.45. The number of piperidine rings is 2. The molecule has 0 spiro atoms. The molecule has 0 saturated carbocycles. The molecule has 0 bridgehead atoms. The molecule has 3 atom stereocenters. The quantitative estimate of drug-likeness (QED) is 0.652. The van der Waals surface area contributed by atoms with Crippen molar-refractivity contribution in [2.24, 2.45) is 0 Å². The summed E-state index contributed by atoms with van der Waals surface area (Å²) in [4.78, 5) is 14.4. The van der Waals surface area contributed by atoms with Crippen LogP contribution in [0.2, 0.25) is 5.02 Å². The van der Waals surface area contributed by atoms with Crippen molar-refractivity contribution in [1.82, 2.24) is 9.21 Å². The minimum absolute atomic E-state index is 0.0412. The van der Waals surface area contributed by atoms with E-state index in [0.717, 1.165) is 25.7 Å². The van der Waals surface area contributed by atoms with Gasteiger partial charge in [-0.1, -0.05) is 18.0 Å². The third-order valence-electron chi connectivity index (χ3n) is 6.01. The zero-order chi connectivity index (χ0) is 22.4.